The average Bonchev–Trinajstić information content (AvgIpc) is 2.74. The van der Waals surface area contributed by atoms with Gasteiger partial charge in [0.05, 0.1) is 11.6 Å². The third-order valence-electron chi connectivity index (χ3n) is 2.62. The van der Waals surface area contributed by atoms with Crippen LogP contribution in [0.1, 0.15) is 13.8 Å². The second-order valence-corrected chi connectivity index (χ2v) is 3.96. The number of rotatable bonds is 3. The predicted molar refractivity (Wildman–Crippen MR) is 64.8 cm³/mol. The van der Waals surface area contributed by atoms with Crippen LogP contribution < -0.4 is 10.2 Å². The lowest BCUT2D eigenvalue weighted by Crippen LogP contribution is -2.27. The highest BCUT2D eigenvalue weighted by Crippen LogP contribution is 2.23. The monoisotopic (exact) mass is 220 g/mol. The molecule has 2 aromatic heterocycles. The Labute approximate surface area is 94.1 Å². The van der Waals surface area contributed by atoms with Crippen molar-refractivity contribution < 1.29 is 0 Å². The van der Waals surface area contributed by atoms with Crippen molar-refractivity contribution in [3.8, 4) is 0 Å². The summed E-state index contributed by atoms with van der Waals surface area (Å²) in [6, 6.07) is 0.373. The standard InChI is InChI=1S/C10H16N6/c1-6(2)16(4)9-7-5-12-15-8(7)13-10(11-3)14-9/h5-6H,1-4H3,(H2,11,12,13,14,15). The molecule has 0 unspecified atom stereocenters. The van der Waals surface area contributed by atoms with Gasteiger partial charge in [0.15, 0.2) is 5.65 Å². The minimum atomic E-state index is 0.373. The van der Waals surface area contributed by atoms with Crippen LogP contribution in [-0.2, 0) is 0 Å². The van der Waals surface area contributed by atoms with Crippen molar-refractivity contribution in [1.82, 2.24) is 20.2 Å². The lowest BCUT2D eigenvalue weighted by molar-refractivity contribution is 0.746. The molecule has 0 bridgehead atoms. The quantitative estimate of drug-likeness (QED) is 0.814. The Morgan fingerprint density at radius 2 is 2.12 bits per heavy atom. The number of H-pyrrole nitrogens is 1. The molecule has 0 fully saturated rings. The van der Waals surface area contributed by atoms with E-state index in [0.29, 0.717) is 12.0 Å². The number of hydrogen-bond donors (Lipinski definition) is 2. The molecule has 2 N–H and O–H groups in total. The minimum Gasteiger partial charge on any atom is -0.357 e. The highest BCUT2D eigenvalue weighted by Gasteiger charge is 2.14. The van der Waals surface area contributed by atoms with Crippen LogP contribution in [0.3, 0.4) is 0 Å². The number of aromatic amines is 1. The second kappa shape index (κ2) is 3.96. The Kier molecular flexibility index (Phi) is 2.64. The average molecular weight is 220 g/mol. The summed E-state index contributed by atoms with van der Waals surface area (Å²) in [4.78, 5) is 10.8. The maximum Gasteiger partial charge on any atom is 0.226 e. The van der Waals surface area contributed by atoms with E-state index in [-0.39, 0.29) is 0 Å². The van der Waals surface area contributed by atoms with E-state index < -0.39 is 0 Å². The van der Waals surface area contributed by atoms with Crippen molar-refractivity contribution in [2.24, 2.45) is 0 Å². The predicted octanol–water partition coefficient (Wildman–Crippen LogP) is 1.24. The van der Waals surface area contributed by atoms with Crippen molar-refractivity contribution in [3.63, 3.8) is 0 Å². The van der Waals surface area contributed by atoms with Gasteiger partial charge >= 0.3 is 0 Å². The van der Waals surface area contributed by atoms with Crippen LogP contribution >= 0.6 is 0 Å². The fourth-order valence-electron chi connectivity index (χ4n) is 1.44. The fraction of sp³-hybridized carbons (Fsp3) is 0.500. The van der Waals surface area contributed by atoms with Crippen molar-refractivity contribution >= 4 is 22.8 Å². The molecular formula is C10H16N6. The summed E-state index contributed by atoms with van der Waals surface area (Å²) in [7, 11) is 3.82. The van der Waals surface area contributed by atoms with Crippen molar-refractivity contribution in [2.45, 2.75) is 19.9 Å². The zero-order chi connectivity index (χ0) is 11.7. The van der Waals surface area contributed by atoms with E-state index >= 15 is 0 Å². The lowest BCUT2D eigenvalue weighted by atomic mass is 10.3. The summed E-state index contributed by atoms with van der Waals surface area (Å²) < 4.78 is 0. The van der Waals surface area contributed by atoms with E-state index in [0.717, 1.165) is 16.9 Å². The zero-order valence-electron chi connectivity index (χ0n) is 9.94. The van der Waals surface area contributed by atoms with Gasteiger partial charge in [0.25, 0.3) is 0 Å². The molecule has 6 nitrogen and oxygen atoms in total. The largest absolute Gasteiger partial charge is 0.357 e. The first-order valence-electron chi connectivity index (χ1n) is 5.25. The third kappa shape index (κ3) is 1.66. The van der Waals surface area contributed by atoms with Crippen LogP contribution in [-0.4, -0.2) is 40.3 Å². The topological polar surface area (TPSA) is 69.7 Å². The van der Waals surface area contributed by atoms with Crippen LogP contribution in [0.2, 0.25) is 0 Å². The molecule has 0 saturated carbocycles. The minimum absolute atomic E-state index is 0.373. The van der Waals surface area contributed by atoms with Crippen LogP contribution in [0.25, 0.3) is 11.0 Å². The number of nitrogens with zero attached hydrogens (tertiary/aromatic N) is 4. The van der Waals surface area contributed by atoms with Crippen LogP contribution in [0.4, 0.5) is 11.8 Å². The highest BCUT2D eigenvalue weighted by molar-refractivity contribution is 5.87. The lowest BCUT2D eigenvalue weighted by Gasteiger charge is -2.23. The van der Waals surface area contributed by atoms with Crippen LogP contribution in [0.15, 0.2) is 6.20 Å². The van der Waals surface area contributed by atoms with Crippen LogP contribution in [0, 0.1) is 0 Å². The molecule has 0 saturated heterocycles. The summed E-state index contributed by atoms with van der Waals surface area (Å²) in [6.07, 6.45) is 1.75. The summed E-state index contributed by atoms with van der Waals surface area (Å²) in [5.41, 5.74) is 0.752. The maximum atomic E-state index is 4.46. The van der Waals surface area contributed by atoms with E-state index in [2.05, 4.69) is 44.2 Å². The van der Waals surface area contributed by atoms with Crippen molar-refractivity contribution in [3.05, 3.63) is 6.20 Å². The molecule has 2 aromatic rings. The van der Waals surface area contributed by atoms with Gasteiger partial charge in [-0.3, -0.25) is 5.10 Å². The molecule has 2 rings (SSSR count). The molecule has 0 spiro atoms. The van der Waals surface area contributed by atoms with Gasteiger partial charge in [0, 0.05) is 20.1 Å². The summed E-state index contributed by atoms with van der Waals surface area (Å²) in [6.45, 7) is 4.24. The molecular weight excluding hydrogens is 204 g/mol. The smallest absolute Gasteiger partial charge is 0.226 e. The molecule has 0 aliphatic rings. The second-order valence-electron chi connectivity index (χ2n) is 3.96. The van der Waals surface area contributed by atoms with Gasteiger partial charge in [-0.15, -0.1) is 0 Å². The number of hydrogen-bond acceptors (Lipinski definition) is 5. The van der Waals surface area contributed by atoms with Crippen molar-refractivity contribution in [1.29, 1.82) is 0 Å². The summed E-state index contributed by atoms with van der Waals surface area (Å²) in [5, 5.41) is 10.7. The fourth-order valence-corrected chi connectivity index (χ4v) is 1.44. The molecule has 0 atom stereocenters. The Morgan fingerprint density at radius 1 is 1.38 bits per heavy atom. The zero-order valence-corrected chi connectivity index (χ0v) is 9.94. The summed E-state index contributed by atoms with van der Waals surface area (Å²) in [5.74, 6) is 1.48. The van der Waals surface area contributed by atoms with Gasteiger partial charge in [-0.05, 0) is 13.8 Å². The van der Waals surface area contributed by atoms with Gasteiger partial charge in [-0.25, -0.2) is 0 Å². The molecule has 16 heavy (non-hydrogen) atoms. The van der Waals surface area contributed by atoms with E-state index in [9.17, 15) is 0 Å². The number of nitrogens with one attached hydrogen (secondary N) is 2. The van der Waals surface area contributed by atoms with Gasteiger partial charge in [0.2, 0.25) is 5.95 Å². The molecule has 0 aliphatic heterocycles. The highest BCUT2D eigenvalue weighted by atomic mass is 15.3. The van der Waals surface area contributed by atoms with E-state index in [4.69, 9.17) is 0 Å². The van der Waals surface area contributed by atoms with Crippen molar-refractivity contribution in [2.75, 3.05) is 24.3 Å². The van der Waals surface area contributed by atoms with Gasteiger partial charge in [0.1, 0.15) is 5.82 Å². The normalized spacial score (nSPS) is 11.1. The van der Waals surface area contributed by atoms with Crippen LogP contribution in [0.5, 0.6) is 0 Å². The molecule has 0 aliphatic carbocycles. The Balaban J connectivity index is 2.60. The Hall–Kier alpha value is -1.85. The van der Waals surface area contributed by atoms with E-state index in [1.54, 1.807) is 13.2 Å². The first-order chi connectivity index (χ1) is 7.63. The molecule has 0 aromatic carbocycles. The molecule has 0 radical (unpaired) electrons. The van der Waals surface area contributed by atoms with Gasteiger partial charge in [-0.1, -0.05) is 0 Å². The summed E-state index contributed by atoms with van der Waals surface area (Å²) >= 11 is 0. The maximum absolute atomic E-state index is 4.46. The number of anilines is 2. The van der Waals surface area contributed by atoms with E-state index in [1.165, 1.54) is 0 Å². The van der Waals surface area contributed by atoms with Gasteiger partial charge in [-0.2, -0.15) is 15.1 Å². The van der Waals surface area contributed by atoms with E-state index in [1.807, 2.05) is 7.05 Å². The molecule has 0 amide bonds. The van der Waals surface area contributed by atoms with Gasteiger partial charge < -0.3 is 10.2 Å². The third-order valence-corrected chi connectivity index (χ3v) is 2.62. The molecule has 6 heteroatoms. The first kappa shape index (κ1) is 10.7. The Morgan fingerprint density at radius 3 is 2.75 bits per heavy atom. The number of fused-ring (bicyclic) bond motifs is 1. The molecule has 86 valence electrons. The Bertz CT molecular complexity index is 489. The first-order valence-corrected chi connectivity index (χ1v) is 5.25. The molecule has 2 heterocycles. The number of aromatic nitrogens is 4. The SMILES string of the molecule is CNc1nc(N(C)C(C)C)c2cn[nH]c2n1.